The molecule has 1 aromatic rings. The van der Waals surface area contributed by atoms with Gasteiger partial charge in [-0.3, -0.25) is 0 Å². The first-order chi connectivity index (χ1) is 9.14. The SMILES string of the molecule is CC(C)CCOCCC(CCl)(CCl)c1ccccc1. The average molecular weight is 303 g/mol. The highest BCUT2D eigenvalue weighted by molar-refractivity contribution is 6.22. The van der Waals surface area contributed by atoms with E-state index in [4.69, 9.17) is 27.9 Å². The van der Waals surface area contributed by atoms with Crippen LogP contribution in [0, 0.1) is 5.92 Å². The lowest BCUT2D eigenvalue weighted by Crippen LogP contribution is -2.32. The van der Waals surface area contributed by atoms with Crippen LogP contribution in [0.1, 0.15) is 32.3 Å². The zero-order chi connectivity index (χ0) is 14.1. The lowest BCUT2D eigenvalue weighted by molar-refractivity contribution is 0.109. The van der Waals surface area contributed by atoms with Crippen LogP contribution in [0.3, 0.4) is 0 Å². The Morgan fingerprint density at radius 3 is 2.21 bits per heavy atom. The molecule has 0 atom stereocenters. The maximum absolute atomic E-state index is 6.18. The van der Waals surface area contributed by atoms with Crippen molar-refractivity contribution in [2.75, 3.05) is 25.0 Å². The van der Waals surface area contributed by atoms with Crippen molar-refractivity contribution in [3.05, 3.63) is 35.9 Å². The second kappa shape index (κ2) is 8.84. The maximum atomic E-state index is 6.18. The summed E-state index contributed by atoms with van der Waals surface area (Å²) >= 11 is 12.4. The molecule has 1 rings (SSSR count). The van der Waals surface area contributed by atoms with Gasteiger partial charge in [-0.25, -0.2) is 0 Å². The molecule has 0 spiro atoms. The molecule has 108 valence electrons. The minimum Gasteiger partial charge on any atom is -0.381 e. The Hall–Kier alpha value is -0.240. The fourth-order valence-corrected chi connectivity index (χ4v) is 2.81. The molecular weight excluding hydrogens is 279 g/mol. The highest BCUT2D eigenvalue weighted by Crippen LogP contribution is 2.31. The molecule has 0 heterocycles. The number of hydrogen-bond donors (Lipinski definition) is 0. The van der Waals surface area contributed by atoms with Gasteiger partial charge in [0.25, 0.3) is 0 Å². The van der Waals surface area contributed by atoms with Gasteiger partial charge in [-0.2, -0.15) is 0 Å². The van der Waals surface area contributed by atoms with E-state index in [-0.39, 0.29) is 5.41 Å². The Labute approximate surface area is 127 Å². The summed E-state index contributed by atoms with van der Waals surface area (Å²) in [4.78, 5) is 0. The smallest absolute Gasteiger partial charge is 0.0475 e. The summed E-state index contributed by atoms with van der Waals surface area (Å²) < 4.78 is 5.71. The van der Waals surface area contributed by atoms with E-state index in [1.807, 2.05) is 18.2 Å². The lowest BCUT2D eigenvalue weighted by Gasteiger charge is -2.30. The molecule has 1 aromatic carbocycles. The van der Waals surface area contributed by atoms with Gasteiger partial charge in [0, 0.05) is 30.4 Å². The van der Waals surface area contributed by atoms with Gasteiger partial charge in [-0.1, -0.05) is 44.2 Å². The standard InChI is InChI=1S/C16H24Cl2O/c1-14(2)8-10-19-11-9-16(12-17,13-18)15-6-4-3-5-7-15/h3-7,14H,8-13H2,1-2H3. The molecule has 0 N–H and O–H groups in total. The monoisotopic (exact) mass is 302 g/mol. The minimum absolute atomic E-state index is 0.178. The van der Waals surface area contributed by atoms with Crippen molar-refractivity contribution < 1.29 is 4.74 Å². The Bertz CT molecular complexity index is 334. The molecule has 0 saturated heterocycles. The van der Waals surface area contributed by atoms with E-state index in [0.29, 0.717) is 24.3 Å². The van der Waals surface area contributed by atoms with Crippen molar-refractivity contribution in [2.24, 2.45) is 5.92 Å². The van der Waals surface area contributed by atoms with Gasteiger partial charge in [0.15, 0.2) is 0 Å². The van der Waals surface area contributed by atoms with Gasteiger partial charge in [-0.05, 0) is 24.3 Å². The third-order valence-corrected chi connectivity index (χ3v) is 4.49. The van der Waals surface area contributed by atoms with E-state index in [9.17, 15) is 0 Å². The Morgan fingerprint density at radius 2 is 1.68 bits per heavy atom. The Kier molecular flexibility index (Phi) is 7.82. The summed E-state index contributed by atoms with van der Waals surface area (Å²) in [6.45, 7) is 5.93. The average Bonchev–Trinajstić information content (AvgIpc) is 2.44. The molecule has 0 aliphatic rings. The van der Waals surface area contributed by atoms with Gasteiger partial charge in [-0.15, -0.1) is 23.2 Å². The van der Waals surface area contributed by atoms with Crippen LogP contribution in [0.5, 0.6) is 0 Å². The Balaban J connectivity index is 2.53. The van der Waals surface area contributed by atoms with Crippen LogP contribution in [-0.2, 0) is 10.2 Å². The molecule has 1 nitrogen and oxygen atoms in total. The minimum atomic E-state index is -0.178. The van der Waals surface area contributed by atoms with Crippen LogP contribution in [0.15, 0.2) is 30.3 Å². The van der Waals surface area contributed by atoms with Crippen LogP contribution in [-0.4, -0.2) is 25.0 Å². The van der Waals surface area contributed by atoms with Crippen LogP contribution >= 0.6 is 23.2 Å². The normalized spacial score (nSPS) is 12.1. The van der Waals surface area contributed by atoms with Crippen molar-refractivity contribution in [1.82, 2.24) is 0 Å². The number of benzene rings is 1. The summed E-state index contributed by atoms with van der Waals surface area (Å²) in [7, 11) is 0. The predicted molar refractivity (Wildman–Crippen MR) is 84.5 cm³/mol. The van der Waals surface area contributed by atoms with Gasteiger partial charge < -0.3 is 4.74 Å². The molecule has 0 aliphatic carbocycles. The second-order valence-electron chi connectivity index (χ2n) is 5.46. The van der Waals surface area contributed by atoms with Crippen molar-refractivity contribution in [1.29, 1.82) is 0 Å². The van der Waals surface area contributed by atoms with E-state index in [0.717, 1.165) is 19.4 Å². The van der Waals surface area contributed by atoms with Crippen LogP contribution in [0.2, 0.25) is 0 Å². The lowest BCUT2D eigenvalue weighted by atomic mass is 9.81. The second-order valence-corrected chi connectivity index (χ2v) is 5.99. The van der Waals surface area contributed by atoms with E-state index < -0.39 is 0 Å². The largest absolute Gasteiger partial charge is 0.381 e. The molecule has 0 aliphatic heterocycles. The first-order valence-corrected chi connectivity index (χ1v) is 7.97. The number of halogens is 2. The van der Waals surface area contributed by atoms with Crippen LogP contribution in [0.25, 0.3) is 0 Å². The first kappa shape index (κ1) is 16.8. The highest BCUT2D eigenvalue weighted by atomic mass is 35.5. The van der Waals surface area contributed by atoms with E-state index >= 15 is 0 Å². The number of alkyl halides is 2. The molecular formula is C16H24Cl2O. The molecule has 19 heavy (non-hydrogen) atoms. The first-order valence-electron chi connectivity index (χ1n) is 6.90. The number of rotatable bonds is 9. The van der Waals surface area contributed by atoms with Crippen molar-refractivity contribution in [3.63, 3.8) is 0 Å². The highest BCUT2D eigenvalue weighted by Gasteiger charge is 2.30. The van der Waals surface area contributed by atoms with E-state index in [1.54, 1.807) is 0 Å². The molecule has 0 amide bonds. The van der Waals surface area contributed by atoms with Crippen molar-refractivity contribution >= 4 is 23.2 Å². The van der Waals surface area contributed by atoms with Crippen LogP contribution in [0.4, 0.5) is 0 Å². The summed E-state index contributed by atoms with van der Waals surface area (Å²) in [5.41, 5.74) is 1.02. The van der Waals surface area contributed by atoms with E-state index in [1.165, 1.54) is 5.56 Å². The summed E-state index contributed by atoms with van der Waals surface area (Å²) in [5, 5.41) is 0. The van der Waals surface area contributed by atoms with Gasteiger partial charge >= 0.3 is 0 Å². The predicted octanol–water partition coefficient (Wildman–Crippen LogP) is 4.85. The molecule has 0 bridgehead atoms. The Morgan fingerprint density at radius 1 is 1.05 bits per heavy atom. The van der Waals surface area contributed by atoms with Crippen molar-refractivity contribution in [3.8, 4) is 0 Å². The molecule has 0 radical (unpaired) electrons. The summed E-state index contributed by atoms with van der Waals surface area (Å²) in [6, 6.07) is 10.3. The maximum Gasteiger partial charge on any atom is 0.0475 e. The number of hydrogen-bond acceptors (Lipinski definition) is 1. The molecule has 0 fully saturated rings. The topological polar surface area (TPSA) is 9.23 Å². The van der Waals surface area contributed by atoms with Crippen LogP contribution < -0.4 is 0 Å². The van der Waals surface area contributed by atoms with Gasteiger partial charge in [0.05, 0.1) is 0 Å². The number of ether oxygens (including phenoxy) is 1. The summed E-state index contributed by atoms with van der Waals surface area (Å²) in [6.07, 6.45) is 1.96. The molecule has 0 aromatic heterocycles. The van der Waals surface area contributed by atoms with Gasteiger partial charge in [0.2, 0.25) is 0 Å². The molecule has 0 unspecified atom stereocenters. The quantitative estimate of drug-likeness (QED) is 0.468. The summed E-state index contributed by atoms with van der Waals surface area (Å²) in [5.74, 6) is 1.72. The third-order valence-electron chi connectivity index (χ3n) is 3.46. The zero-order valence-corrected chi connectivity index (χ0v) is 13.4. The van der Waals surface area contributed by atoms with Gasteiger partial charge in [0.1, 0.15) is 0 Å². The molecule has 3 heteroatoms. The fourth-order valence-electron chi connectivity index (χ4n) is 1.95. The molecule has 0 saturated carbocycles. The fraction of sp³-hybridized carbons (Fsp3) is 0.625. The zero-order valence-electron chi connectivity index (χ0n) is 11.9. The van der Waals surface area contributed by atoms with Crippen molar-refractivity contribution in [2.45, 2.75) is 32.1 Å². The third kappa shape index (κ3) is 5.33. The van der Waals surface area contributed by atoms with E-state index in [2.05, 4.69) is 26.0 Å².